The zero-order chi connectivity index (χ0) is 19.5. The number of pyridine rings is 1. The smallest absolute Gasteiger partial charge is 0.251 e. The van der Waals surface area contributed by atoms with Crippen LogP contribution in [0.5, 0.6) is 0 Å². The highest BCUT2D eigenvalue weighted by Gasteiger charge is 2.19. The fourth-order valence-electron chi connectivity index (χ4n) is 2.34. The average molecular weight is 398 g/mol. The molecule has 1 amide bonds. The summed E-state index contributed by atoms with van der Waals surface area (Å²) in [6.07, 6.45) is 1.16. The van der Waals surface area contributed by atoms with Crippen LogP contribution in [0.2, 0.25) is 5.02 Å². The van der Waals surface area contributed by atoms with E-state index in [1.165, 1.54) is 20.2 Å². The Bertz CT molecular complexity index is 970. The van der Waals surface area contributed by atoms with Crippen LogP contribution in [0.1, 0.15) is 18.5 Å². The molecule has 9 heteroatoms. The van der Waals surface area contributed by atoms with Gasteiger partial charge in [0.1, 0.15) is 6.54 Å². The minimum absolute atomic E-state index is 0.0611. The number of nitrogens with one attached hydrogen (secondary N) is 1. The number of carbonyl (C=O) groups is 1. The van der Waals surface area contributed by atoms with Crippen LogP contribution in [0.25, 0.3) is 0 Å². The fraction of sp³-hybridized carbons (Fsp3) is 0.294. The fourth-order valence-corrected chi connectivity index (χ4v) is 3.56. The summed E-state index contributed by atoms with van der Waals surface area (Å²) >= 11 is 6.11. The summed E-state index contributed by atoms with van der Waals surface area (Å²) in [5.41, 5.74) is 0.280. The molecule has 140 valence electrons. The van der Waals surface area contributed by atoms with Crippen LogP contribution in [0.15, 0.2) is 52.3 Å². The maximum Gasteiger partial charge on any atom is 0.251 e. The molecule has 1 heterocycles. The van der Waals surface area contributed by atoms with Crippen molar-refractivity contribution < 1.29 is 13.2 Å². The number of aromatic nitrogens is 1. The summed E-state index contributed by atoms with van der Waals surface area (Å²) in [7, 11) is -0.916. The Kier molecular flexibility index (Phi) is 6.22. The van der Waals surface area contributed by atoms with Gasteiger partial charge in [0, 0.05) is 31.4 Å². The number of hydrogen-bond acceptors (Lipinski definition) is 4. The first-order valence-electron chi connectivity index (χ1n) is 7.79. The molecule has 0 aliphatic rings. The minimum Gasteiger partial charge on any atom is -0.348 e. The molecule has 2 aromatic rings. The number of carbonyl (C=O) groups excluding carboxylic acids is 1. The molecule has 2 rings (SSSR count). The number of benzene rings is 1. The number of rotatable bonds is 6. The summed E-state index contributed by atoms with van der Waals surface area (Å²) in [4.78, 5) is 24.2. The van der Waals surface area contributed by atoms with Gasteiger partial charge in [-0.25, -0.2) is 12.7 Å². The van der Waals surface area contributed by atoms with Crippen LogP contribution < -0.4 is 10.9 Å². The second kappa shape index (κ2) is 8.03. The minimum atomic E-state index is -3.70. The topological polar surface area (TPSA) is 88.5 Å². The third-order valence-electron chi connectivity index (χ3n) is 3.80. The van der Waals surface area contributed by atoms with Crippen molar-refractivity contribution in [3.8, 4) is 0 Å². The molecule has 0 aliphatic carbocycles. The van der Waals surface area contributed by atoms with E-state index in [0.717, 1.165) is 26.7 Å². The molecule has 1 N–H and O–H groups in total. The van der Waals surface area contributed by atoms with E-state index in [1.54, 1.807) is 25.1 Å². The maximum atomic E-state index is 12.3. The van der Waals surface area contributed by atoms with Gasteiger partial charge in [0.05, 0.1) is 10.9 Å². The third-order valence-corrected chi connectivity index (χ3v) is 5.94. The normalized spacial score (nSPS) is 12.8. The highest BCUT2D eigenvalue weighted by molar-refractivity contribution is 7.89. The van der Waals surface area contributed by atoms with E-state index in [2.05, 4.69) is 5.32 Å². The Morgan fingerprint density at radius 3 is 2.50 bits per heavy atom. The number of sulfonamides is 1. The monoisotopic (exact) mass is 397 g/mol. The predicted molar refractivity (Wildman–Crippen MR) is 99.6 cm³/mol. The molecule has 0 saturated carbocycles. The molecule has 0 bridgehead atoms. The molecule has 7 nitrogen and oxygen atoms in total. The lowest BCUT2D eigenvalue weighted by Gasteiger charge is -2.17. The van der Waals surface area contributed by atoms with Crippen LogP contribution in [0.4, 0.5) is 0 Å². The Labute approximate surface area is 157 Å². The molecule has 0 unspecified atom stereocenters. The average Bonchev–Trinajstić information content (AvgIpc) is 2.56. The predicted octanol–water partition coefficient (Wildman–Crippen LogP) is 1.63. The molecule has 26 heavy (non-hydrogen) atoms. The van der Waals surface area contributed by atoms with E-state index in [1.807, 2.05) is 6.07 Å². The zero-order valence-electron chi connectivity index (χ0n) is 14.6. The molecule has 0 aliphatic heterocycles. The molecule has 1 atom stereocenters. The molecular formula is C17H20ClN3O4S. The van der Waals surface area contributed by atoms with E-state index < -0.39 is 21.5 Å². The highest BCUT2D eigenvalue weighted by Crippen LogP contribution is 2.22. The van der Waals surface area contributed by atoms with E-state index >= 15 is 0 Å². The van der Waals surface area contributed by atoms with E-state index in [9.17, 15) is 18.0 Å². The van der Waals surface area contributed by atoms with Gasteiger partial charge in [-0.1, -0.05) is 29.8 Å². The van der Waals surface area contributed by atoms with Crippen LogP contribution in [0.3, 0.4) is 0 Å². The van der Waals surface area contributed by atoms with Crippen LogP contribution in [-0.2, 0) is 21.4 Å². The van der Waals surface area contributed by atoms with Gasteiger partial charge in [-0.3, -0.25) is 9.59 Å². The van der Waals surface area contributed by atoms with Crippen molar-refractivity contribution in [2.75, 3.05) is 14.1 Å². The molecule has 0 saturated heterocycles. The number of nitrogens with zero attached hydrogens (tertiary/aromatic N) is 2. The van der Waals surface area contributed by atoms with Gasteiger partial charge < -0.3 is 9.88 Å². The molecule has 0 spiro atoms. The quantitative estimate of drug-likeness (QED) is 0.802. The number of hydrogen-bond donors (Lipinski definition) is 1. The summed E-state index contributed by atoms with van der Waals surface area (Å²) in [5.74, 6) is -0.432. The zero-order valence-corrected chi connectivity index (χ0v) is 16.2. The van der Waals surface area contributed by atoms with Crippen LogP contribution in [0, 0.1) is 0 Å². The van der Waals surface area contributed by atoms with Crippen molar-refractivity contribution >= 4 is 27.5 Å². The third kappa shape index (κ3) is 4.51. The van der Waals surface area contributed by atoms with Crippen molar-refractivity contribution in [1.82, 2.24) is 14.2 Å². The van der Waals surface area contributed by atoms with Crippen molar-refractivity contribution in [2.45, 2.75) is 24.4 Å². The largest absolute Gasteiger partial charge is 0.348 e. The van der Waals surface area contributed by atoms with Crippen molar-refractivity contribution in [3.63, 3.8) is 0 Å². The maximum absolute atomic E-state index is 12.3. The first kappa shape index (κ1) is 20.2. The molecule has 0 radical (unpaired) electrons. The number of amides is 1. The van der Waals surface area contributed by atoms with Crippen molar-refractivity contribution in [2.24, 2.45) is 0 Å². The van der Waals surface area contributed by atoms with Crippen molar-refractivity contribution in [3.05, 3.63) is 63.5 Å². The molecular weight excluding hydrogens is 378 g/mol. The summed E-state index contributed by atoms with van der Waals surface area (Å²) in [6.45, 7) is 1.47. The van der Waals surface area contributed by atoms with Crippen molar-refractivity contribution in [1.29, 1.82) is 0 Å². The Hall–Kier alpha value is -2.16. The molecule has 1 aromatic heterocycles. The second-order valence-electron chi connectivity index (χ2n) is 5.93. The highest BCUT2D eigenvalue weighted by atomic mass is 35.5. The number of halogens is 1. The summed E-state index contributed by atoms with van der Waals surface area (Å²) in [5, 5.41) is 3.28. The summed E-state index contributed by atoms with van der Waals surface area (Å²) < 4.78 is 26.5. The van der Waals surface area contributed by atoms with Gasteiger partial charge in [-0.05, 0) is 24.6 Å². The van der Waals surface area contributed by atoms with Gasteiger partial charge in [0.25, 0.3) is 5.56 Å². The van der Waals surface area contributed by atoms with Gasteiger partial charge in [-0.2, -0.15) is 0 Å². The molecule has 1 aromatic carbocycles. The Morgan fingerprint density at radius 2 is 1.88 bits per heavy atom. The Morgan fingerprint density at radius 1 is 1.23 bits per heavy atom. The molecule has 0 fully saturated rings. The second-order valence-corrected chi connectivity index (χ2v) is 8.49. The van der Waals surface area contributed by atoms with E-state index in [4.69, 9.17) is 11.6 Å². The SMILES string of the molecule is C[C@H](NC(=O)Cn1cc(S(=O)(=O)N(C)C)ccc1=O)c1ccccc1Cl. The van der Waals surface area contributed by atoms with Crippen LogP contribution >= 0.6 is 11.6 Å². The van der Waals surface area contributed by atoms with Gasteiger partial charge in [0.15, 0.2) is 0 Å². The first-order valence-corrected chi connectivity index (χ1v) is 9.61. The standard InChI is InChI=1S/C17H20ClN3O4S/c1-12(14-6-4-5-7-15(14)18)19-16(22)11-21-10-13(8-9-17(21)23)26(24,25)20(2)3/h4-10,12H,11H2,1-3H3,(H,19,22)/t12-/m0/s1. The lowest BCUT2D eigenvalue weighted by Crippen LogP contribution is -2.34. The van der Waals surface area contributed by atoms with E-state index in [0.29, 0.717) is 5.02 Å². The van der Waals surface area contributed by atoms with E-state index in [-0.39, 0.29) is 17.5 Å². The van der Waals surface area contributed by atoms with Gasteiger partial charge in [-0.15, -0.1) is 0 Å². The summed E-state index contributed by atoms with van der Waals surface area (Å²) in [6, 6.07) is 9.10. The van der Waals surface area contributed by atoms with Gasteiger partial charge >= 0.3 is 0 Å². The first-order chi connectivity index (χ1) is 12.1. The van der Waals surface area contributed by atoms with Crippen LogP contribution in [-0.4, -0.2) is 37.3 Å². The van der Waals surface area contributed by atoms with Gasteiger partial charge in [0.2, 0.25) is 15.9 Å². The lowest BCUT2D eigenvalue weighted by molar-refractivity contribution is -0.122. The Balaban J connectivity index is 2.19. The lowest BCUT2D eigenvalue weighted by atomic mass is 10.1.